The average Bonchev–Trinajstić information content (AvgIpc) is 2.49. The molecule has 0 aliphatic carbocycles. The molecule has 0 saturated carbocycles. The number of carbonyl (C=O) groups excluding carboxylic acids is 1. The first-order valence-corrected chi connectivity index (χ1v) is 6.48. The lowest BCUT2D eigenvalue weighted by molar-refractivity contribution is -0.118. The number of rotatable bonds is 5. The first-order valence-electron chi connectivity index (χ1n) is 6.11. The Kier molecular flexibility index (Phi) is 5.00. The van der Waals surface area contributed by atoms with Gasteiger partial charge in [0, 0.05) is 6.07 Å². The number of carbonyl (C=O) groups is 1. The number of ether oxygens (including phenoxy) is 2. The van der Waals surface area contributed by atoms with Crippen molar-refractivity contribution in [2.24, 2.45) is 0 Å². The fraction of sp³-hybridized carbons (Fsp3) is 0.133. The molecule has 6 heteroatoms. The zero-order valence-corrected chi connectivity index (χ0v) is 12.0. The molecule has 0 aliphatic rings. The van der Waals surface area contributed by atoms with Crippen LogP contribution in [-0.4, -0.2) is 19.6 Å². The molecule has 4 nitrogen and oxygen atoms in total. The molecule has 0 aromatic heterocycles. The SMILES string of the molecule is COc1ccccc1NC(=O)COc1ccc(Cl)c(F)c1. The van der Waals surface area contributed by atoms with E-state index in [4.69, 9.17) is 21.1 Å². The number of amides is 1. The van der Waals surface area contributed by atoms with Crippen LogP contribution in [0.2, 0.25) is 5.02 Å². The molecule has 110 valence electrons. The van der Waals surface area contributed by atoms with Gasteiger partial charge in [0.2, 0.25) is 0 Å². The molecule has 0 heterocycles. The molecule has 1 amide bonds. The Labute approximate surface area is 126 Å². The monoisotopic (exact) mass is 309 g/mol. The van der Waals surface area contributed by atoms with Gasteiger partial charge in [-0.3, -0.25) is 4.79 Å². The van der Waals surface area contributed by atoms with Crippen molar-refractivity contribution in [3.63, 3.8) is 0 Å². The third-order valence-corrected chi connectivity index (χ3v) is 2.95. The van der Waals surface area contributed by atoms with Crippen molar-refractivity contribution in [1.29, 1.82) is 0 Å². The fourth-order valence-corrected chi connectivity index (χ4v) is 1.77. The van der Waals surface area contributed by atoms with Crippen molar-refractivity contribution in [2.45, 2.75) is 0 Å². The minimum Gasteiger partial charge on any atom is -0.495 e. The molecule has 21 heavy (non-hydrogen) atoms. The zero-order valence-electron chi connectivity index (χ0n) is 11.2. The van der Waals surface area contributed by atoms with Crippen LogP contribution in [0.5, 0.6) is 11.5 Å². The molecule has 2 aromatic carbocycles. The highest BCUT2D eigenvalue weighted by molar-refractivity contribution is 6.30. The minimum atomic E-state index is -0.598. The normalized spacial score (nSPS) is 10.0. The molecule has 0 fully saturated rings. The first-order chi connectivity index (χ1) is 10.1. The van der Waals surface area contributed by atoms with Crippen LogP contribution in [0, 0.1) is 5.82 Å². The van der Waals surface area contributed by atoms with Gasteiger partial charge in [-0.15, -0.1) is 0 Å². The van der Waals surface area contributed by atoms with Gasteiger partial charge >= 0.3 is 0 Å². The lowest BCUT2D eigenvalue weighted by Gasteiger charge is -2.10. The molecule has 2 rings (SSSR count). The lowest BCUT2D eigenvalue weighted by atomic mass is 10.3. The smallest absolute Gasteiger partial charge is 0.262 e. The van der Waals surface area contributed by atoms with Gasteiger partial charge < -0.3 is 14.8 Å². The standard InChI is InChI=1S/C15H13ClFNO3/c1-20-14-5-3-2-4-13(14)18-15(19)9-21-10-6-7-11(16)12(17)8-10/h2-8H,9H2,1H3,(H,18,19). The van der Waals surface area contributed by atoms with E-state index in [9.17, 15) is 9.18 Å². The van der Waals surface area contributed by atoms with Gasteiger partial charge in [-0.1, -0.05) is 23.7 Å². The maximum absolute atomic E-state index is 13.2. The molecule has 0 saturated heterocycles. The summed E-state index contributed by atoms with van der Waals surface area (Å²) in [6.45, 7) is -0.251. The Hall–Kier alpha value is -2.27. The van der Waals surface area contributed by atoms with Crippen LogP contribution in [0.3, 0.4) is 0 Å². The van der Waals surface area contributed by atoms with Crippen molar-refractivity contribution in [3.8, 4) is 11.5 Å². The quantitative estimate of drug-likeness (QED) is 0.919. The van der Waals surface area contributed by atoms with Gasteiger partial charge in [0.15, 0.2) is 6.61 Å². The summed E-state index contributed by atoms with van der Waals surface area (Å²) >= 11 is 5.56. The number of para-hydroxylation sites is 2. The fourth-order valence-electron chi connectivity index (χ4n) is 1.65. The minimum absolute atomic E-state index is 0.000762. The summed E-state index contributed by atoms with van der Waals surface area (Å²) in [5.74, 6) is -0.204. The average molecular weight is 310 g/mol. The summed E-state index contributed by atoms with van der Waals surface area (Å²) in [5.41, 5.74) is 0.538. The Morgan fingerprint density at radius 2 is 2.05 bits per heavy atom. The molecule has 0 spiro atoms. The third kappa shape index (κ3) is 4.10. The third-order valence-electron chi connectivity index (χ3n) is 2.64. The highest BCUT2D eigenvalue weighted by atomic mass is 35.5. The number of anilines is 1. The van der Waals surface area contributed by atoms with E-state index in [0.717, 1.165) is 6.07 Å². The Morgan fingerprint density at radius 3 is 2.76 bits per heavy atom. The van der Waals surface area contributed by atoms with Crippen molar-refractivity contribution >= 4 is 23.2 Å². The molecule has 0 radical (unpaired) electrons. The maximum atomic E-state index is 13.2. The van der Waals surface area contributed by atoms with E-state index in [1.807, 2.05) is 0 Å². The molecule has 0 bridgehead atoms. The zero-order chi connectivity index (χ0) is 15.2. The highest BCUT2D eigenvalue weighted by Crippen LogP contribution is 2.23. The molecule has 1 N–H and O–H groups in total. The predicted octanol–water partition coefficient (Wildman–Crippen LogP) is 3.51. The van der Waals surface area contributed by atoms with Crippen LogP contribution in [0.1, 0.15) is 0 Å². The van der Waals surface area contributed by atoms with Crippen LogP contribution in [0.4, 0.5) is 10.1 Å². The summed E-state index contributed by atoms with van der Waals surface area (Å²) in [4.78, 5) is 11.8. The number of halogens is 2. The summed E-state index contributed by atoms with van der Waals surface area (Å²) in [6.07, 6.45) is 0. The van der Waals surface area contributed by atoms with E-state index in [1.165, 1.54) is 19.2 Å². The Morgan fingerprint density at radius 1 is 1.29 bits per heavy atom. The molecule has 2 aromatic rings. The van der Waals surface area contributed by atoms with E-state index >= 15 is 0 Å². The van der Waals surface area contributed by atoms with Crippen LogP contribution in [0.25, 0.3) is 0 Å². The van der Waals surface area contributed by atoms with Gasteiger partial charge in [0.25, 0.3) is 5.91 Å². The number of hydrogen-bond acceptors (Lipinski definition) is 3. The largest absolute Gasteiger partial charge is 0.495 e. The summed E-state index contributed by atoms with van der Waals surface area (Å²) in [6, 6.07) is 11.0. The molecule has 0 unspecified atom stereocenters. The van der Waals surface area contributed by atoms with Crippen LogP contribution in [0.15, 0.2) is 42.5 Å². The number of benzene rings is 2. The van der Waals surface area contributed by atoms with Crippen molar-refractivity contribution < 1.29 is 18.7 Å². The second-order valence-electron chi connectivity index (χ2n) is 4.11. The second-order valence-corrected chi connectivity index (χ2v) is 4.52. The molecular weight excluding hydrogens is 297 g/mol. The van der Waals surface area contributed by atoms with Gasteiger partial charge in [-0.05, 0) is 24.3 Å². The van der Waals surface area contributed by atoms with Crippen LogP contribution < -0.4 is 14.8 Å². The number of nitrogens with one attached hydrogen (secondary N) is 1. The van der Waals surface area contributed by atoms with Gasteiger partial charge in [-0.25, -0.2) is 4.39 Å². The van der Waals surface area contributed by atoms with Gasteiger partial charge in [0.05, 0.1) is 17.8 Å². The second kappa shape index (κ2) is 6.95. The molecule has 0 aliphatic heterocycles. The molecular formula is C15H13ClFNO3. The Bertz CT molecular complexity index is 649. The van der Waals surface area contributed by atoms with Gasteiger partial charge in [0.1, 0.15) is 17.3 Å². The summed E-state index contributed by atoms with van der Waals surface area (Å²) in [5, 5.41) is 2.65. The maximum Gasteiger partial charge on any atom is 0.262 e. The Balaban J connectivity index is 1.94. The first kappa shape index (κ1) is 15.1. The van der Waals surface area contributed by atoms with Crippen LogP contribution >= 0.6 is 11.6 Å². The van der Waals surface area contributed by atoms with Crippen LogP contribution in [-0.2, 0) is 4.79 Å². The topological polar surface area (TPSA) is 47.6 Å². The summed E-state index contributed by atoms with van der Waals surface area (Å²) in [7, 11) is 1.51. The van der Waals surface area contributed by atoms with Crippen molar-refractivity contribution in [2.75, 3.05) is 19.0 Å². The van der Waals surface area contributed by atoms with Crippen molar-refractivity contribution in [3.05, 3.63) is 53.3 Å². The van der Waals surface area contributed by atoms with E-state index in [1.54, 1.807) is 24.3 Å². The number of methoxy groups -OCH3 is 1. The van der Waals surface area contributed by atoms with E-state index in [-0.39, 0.29) is 23.3 Å². The number of hydrogen-bond donors (Lipinski definition) is 1. The van der Waals surface area contributed by atoms with E-state index in [0.29, 0.717) is 11.4 Å². The highest BCUT2D eigenvalue weighted by Gasteiger charge is 2.08. The summed E-state index contributed by atoms with van der Waals surface area (Å²) < 4.78 is 23.5. The van der Waals surface area contributed by atoms with E-state index < -0.39 is 5.82 Å². The lowest BCUT2D eigenvalue weighted by Crippen LogP contribution is -2.20. The van der Waals surface area contributed by atoms with Gasteiger partial charge in [-0.2, -0.15) is 0 Å². The van der Waals surface area contributed by atoms with E-state index in [2.05, 4.69) is 5.32 Å². The molecule has 0 atom stereocenters. The van der Waals surface area contributed by atoms with Crippen molar-refractivity contribution in [1.82, 2.24) is 0 Å². The predicted molar refractivity (Wildman–Crippen MR) is 78.5 cm³/mol.